The van der Waals surface area contributed by atoms with Gasteiger partial charge in [0.05, 0.1) is 0 Å². The smallest absolute Gasteiger partial charge is 0.224 e. The van der Waals surface area contributed by atoms with Gasteiger partial charge in [-0.3, -0.25) is 9.59 Å². The van der Waals surface area contributed by atoms with Gasteiger partial charge in [-0.05, 0) is 53.6 Å². The standard InChI is InChI=1S/C14H19IN2O2/c1-11(18)16-9-4-2-3-8-14(19)17-13-7-5-6-12(15)10-13/h5-7,10H,2-4,8-9H2,1H3,(H,16,18)(H,17,19). The van der Waals surface area contributed by atoms with E-state index < -0.39 is 0 Å². The Morgan fingerprint density at radius 1 is 1.21 bits per heavy atom. The van der Waals surface area contributed by atoms with Crippen LogP contribution in [0.2, 0.25) is 0 Å². The quantitative estimate of drug-likeness (QED) is 0.570. The van der Waals surface area contributed by atoms with E-state index >= 15 is 0 Å². The van der Waals surface area contributed by atoms with Gasteiger partial charge in [0.15, 0.2) is 0 Å². The molecule has 1 aromatic carbocycles. The number of hydrogen-bond acceptors (Lipinski definition) is 2. The van der Waals surface area contributed by atoms with Crippen LogP contribution >= 0.6 is 22.6 Å². The molecule has 1 aromatic rings. The lowest BCUT2D eigenvalue weighted by molar-refractivity contribution is -0.119. The monoisotopic (exact) mass is 374 g/mol. The van der Waals surface area contributed by atoms with Crippen LogP contribution in [0.1, 0.15) is 32.6 Å². The van der Waals surface area contributed by atoms with Crippen molar-refractivity contribution in [1.82, 2.24) is 5.32 Å². The second-order valence-electron chi connectivity index (χ2n) is 4.35. The molecule has 0 heterocycles. The largest absolute Gasteiger partial charge is 0.356 e. The molecule has 0 aromatic heterocycles. The summed E-state index contributed by atoms with van der Waals surface area (Å²) in [7, 11) is 0. The molecule has 2 amide bonds. The second kappa shape index (κ2) is 8.90. The van der Waals surface area contributed by atoms with Crippen LogP contribution < -0.4 is 10.6 Å². The molecule has 0 fully saturated rings. The van der Waals surface area contributed by atoms with E-state index in [1.54, 1.807) is 0 Å². The number of halogens is 1. The van der Waals surface area contributed by atoms with Crippen molar-refractivity contribution in [3.05, 3.63) is 27.8 Å². The minimum Gasteiger partial charge on any atom is -0.356 e. The summed E-state index contributed by atoms with van der Waals surface area (Å²) in [5.74, 6) is 0.0398. The van der Waals surface area contributed by atoms with Crippen molar-refractivity contribution < 1.29 is 9.59 Å². The van der Waals surface area contributed by atoms with Crippen LogP contribution in [0.4, 0.5) is 5.69 Å². The van der Waals surface area contributed by atoms with Gasteiger partial charge >= 0.3 is 0 Å². The van der Waals surface area contributed by atoms with Crippen molar-refractivity contribution in [2.75, 3.05) is 11.9 Å². The van der Waals surface area contributed by atoms with Crippen molar-refractivity contribution >= 4 is 40.1 Å². The molecule has 5 heteroatoms. The third-order valence-corrected chi connectivity index (χ3v) is 3.23. The average Bonchev–Trinajstić information content (AvgIpc) is 2.33. The zero-order valence-corrected chi connectivity index (χ0v) is 13.2. The first-order chi connectivity index (χ1) is 9.08. The molecule has 104 valence electrons. The topological polar surface area (TPSA) is 58.2 Å². The number of carbonyl (C=O) groups excluding carboxylic acids is 2. The fraction of sp³-hybridized carbons (Fsp3) is 0.429. The fourth-order valence-electron chi connectivity index (χ4n) is 1.64. The van der Waals surface area contributed by atoms with Gasteiger partial charge in [-0.2, -0.15) is 0 Å². The highest BCUT2D eigenvalue weighted by molar-refractivity contribution is 14.1. The Balaban J connectivity index is 2.13. The van der Waals surface area contributed by atoms with Gasteiger partial charge in [-0.25, -0.2) is 0 Å². The third kappa shape index (κ3) is 7.81. The second-order valence-corrected chi connectivity index (χ2v) is 5.60. The summed E-state index contributed by atoms with van der Waals surface area (Å²) in [6.07, 6.45) is 3.22. The van der Waals surface area contributed by atoms with Crippen molar-refractivity contribution in [2.45, 2.75) is 32.6 Å². The normalized spacial score (nSPS) is 10.0. The maximum atomic E-state index is 11.7. The fourth-order valence-corrected chi connectivity index (χ4v) is 2.18. The van der Waals surface area contributed by atoms with E-state index in [0.29, 0.717) is 13.0 Å². The van der Waals surface area contributed by atoms with Gasteiger partial charge in [0.25, 0.3) is 0 Å². The molecular formula is C14H19IN2O2. The Labute approximate surface area is 127 Å². The zero-order valence-electron chi connectivity index (χ0n) is 11.0. The molecule has 0 atom stereocenters. The first-order valence-electron chi connectivity index (χ1n) is 6.38. The highest BCUT2D eigenvalue weighted by Crippen LogP contribution is 2.13. The Morgan fingerprint density at radius 3 is 2.68 bits per heavy atom. The highest BCUT2D eigenvalue weighted by atomic mass is 127. The predicted octanol–water partition coefficient (Wildman–Crippen LogP) is 2.93. The van der Waals surface area contributed by atoms with Crippen LogP contribution in [-0.4, -0.2) is 18.4 Å². The van der Waals surface area contributed by atoms with Crippen molar-refractivity contribution in [3.8, 4) is 0 Å². The molecule has 0 bridgehead atoms. The number of hydrogen-bond donors (Lipinski definition) is 2. The first kappa shape index (κ1) is 15.9. The third-order valence-electron chi connectivity index (χ3n) is 2.56. The number of amides is 2. The van der Waals surface area contributed by atoms with Crippen LogP contribution in [0.5, 0.6) is 0 Å². The summed E-state index contributed by atoms with van der Waals surface area (Å²) in [4.78, 5) is 22.3. The summed E-state index contributed by atoms with van der Waals surface area (Å²) in [5.41, 5.74) is 0.843. The zero-order chi connectivity index (χ0) is 14.1. The van der Waals surface area contributed by atoms with Crippen molar-refractivity contribution in [2.24, 2.45) is 0 Å². The van der Waals surface area contributed by atoms with Crippen molar-refractivity contribution in [3.63, 3.8) is 0 Å². The average molecular weight is 374 g/mol. The van der Waals surface area contributed by atoms with Crippen LogP contribution in [0.15, 0.2) is 24.3 Å². The van der Waals surface area contributed by atoms with Crippen molar-refractivity contribution in [1.29, 1.82) is 0 Å². The van der Waals surface area contributed by atoms with Gasteiger partial charge in [0, 0.05) is 29.1 Å². The van der Waals surface area contributed by atoms with E-state index in [4.69, 9.17) is 0 Å². The molecule has 4 nitrogen and oxygen atoms in total. The lowest BCUT2D eigenvalue weighted by Crippen LogP contribution is -2.20. The summed E-state index contributed by atoms with van der Waals surface area (Å²) < 4.78 is 1.10. The summed E-state index contributed by atoms with van der Waals surface area (Å²) >= 11 is 2.22. The molecule has 0 aliphatic rings. The van der Waals surface area contributed by atoms with E-state index in [2.05, 4.69) is 33.2 Å². The summed E-state index contributed by atoms with van der Waals surface area (Å²) in [5, 5.41) is 5.62. The number of benzene rings is 1. The highest BCUT2D eigenvalue weighted by Gasteiger charge is 2.02. The number of rotatable bonds is 7. The Hall–Kier alpha value is -1.11. The minimum atomic E-state index is -0.00331. The lowest BCUT2D eigenvalue weighted by Gasteiger charge is -2.06. The molecular weight excluding hydrogens is 355 g/mol. The van der Waals surface area contributed by atoms with E-state index in [1.165, 1.54) is 6.92 Å². The van der Waals surface area contributed by atoms with Gasteiger partial charge < -0.3 is 10.6 Å². The lowest BCUT2D eigenvalue weighted by atomic mass is 10.2. The molecule has 0 radical (unpaired) electrons. The van der Waals surface area contributed by atoms with E-state index in [0.717, 1.165) is 28.5 Å². The van der Waals surface area contributed by atoms with Gasteiger partial charge in [0.2, 0.25) is 11.8 Å². The molecule has 0 unspecified atom stereocenters. The van der Waals surface area contributed by atoms with Crippen LogP contribution in [0.25, 0.3) is 0 Å². The molecule has 19 heavy (non-hydrogen) atoms. The maximum Gasteiger partial charge on any atom is 0.224 e. The number of nitrogens with one attached hydrogen (secondary N) is 2. The molecule has 0 saturated carbocycles. The van der Waals surface area contributed by atoms with Gasteiger partial charge in [-0.15, -0.1) is 0 Å². The van der Waals surface area contributed by atoms with Gasteiger partial charge in [-0.1, -0.05) is 12.5 Å². The molecule has 0 aliphatic carbocycles. The SMILES string of the molecule is CC(=O)NCCCCCC(=O)Nc1cccc(I)c1. The van der Waals surface area contributed by atoms with Crippen LogP contribution in [0.3, 0.4) is 0 Å². The minimum absolute atomic E-state index is 0.00331. The molecule has 0 spiro atoms. The maximum absolute atomic E-state index is 11.7. The summed E-state index contributed by atoms with van der Waals surface area (Å²) in [6, 6.07) is 7.73. The van der Waals surface area contributed by atoms with E-state index in [9.17, 15) is 9.59 Å². The summed E-state index contributed by atoms with van der Waals surface area (Å²) in [6.45, 7) is 2.20. The van der Waals surface area contributed by atoms with Crippen LogP contribution in [-0.2, 0) is 9.59 Å². The molecule has 0 saturated heterocycles. The van der Waals surface area contributed by atoms with Gasteiger partial charge in [0.1, 0.15) is 0 Å². The first-order valence-corrected chi connectivity index (χ1v) is 7.45. The molecule has 1 rings (SSSR count). The van der Waals surface area contributed by atoms with E-state index in [1.807, 2.05) is 24.3 Å². The predicted molar refractivity (Wildman–Crippen MR) is 84.9 cm³/mol. The number of anilines is 1. The van der Waals surface area contributed by atoms with E-state index in [-0.39, 0.29) is 11.8 Å². The van der Waals surface area contributed by atoms with Crippen LogP contribution in [0, 0.1) is 3.57 Å². The molecule has 2 N–H and O–H groups in total. The molecule has 0 aliphatic heterocycles. The Kier molecular flexibility index (Phi) is 7.47. The number of unbranched alkanes of at least 4 members (excludes halogenated alkanes) is 2. The number of carbonyl (C=O) groups is 2. The Morgan fingerprint density at radius 2 is 2.00 bits per heavy atom. The Bertz CT molecular complexity index is 435.